The number of amides is 4. The Balaban J connectivity index is 0.679. The number of piperazine rings is 1. The molecule has 6 aromatic rings. The van der Waals surface area contributed by atoms with E-state index in [2.05, 4.69) is 34.9 Å². The molecule has 2 N–H and O–H groups in total. The highest BCUT2D eigenvalue weighted by atomic mass is 16.6. The van der Waals surface area contributed by atoms with Crippen molar-refractivity contribution in [1.82, 2.24) is 20.4 Å². The van der Waals surface area contributed by atoms with Crippen LogP contribution in [0.3, 0.4) is 0 Å². The van der Waals surface area contributed by atoms with E-state index in [1.165, 1.54) is 9.80 Å². The second-order valence-corrected chi connectivity index (χ2v) is 18.8. The van der Waals surface area contributed by atoms with Crippen LogP contribution in [0.1, 0.15) is 58.1 Å². The number of nitrogens with zero attached hydrogens (tertiary/aromatic N) is 2. The summed E-state index contributed by atoms with van der Waals surface area (Å²) in [7, 11) is 0. The van der Waals surface area contributed by atoms with E-state index in [0.29, 0.717) is 12.8 Å². The molecule has 76 heavy (non-hydrogen) atoms. The van der Waals surface area contributed by atoms with Crippen molar-refractivity contribution in [2.45, 2.75) is 49.6 Å². The summed E-state index contributed by atoms with van der Waals surface area (Å²) in [5.74, 6) is -1.91. The molecule has 4 amide bonds. The Morgan fingerprint density at radius 3 is 1.13 bits per heavy atom. The first-order valence-corrected chi connectivity index (χ1v) is 25.7. The van der Waals surface area contributed by atoms with Gasteiger partial charge in [0.15, 0.2) is 0 Å². The van der Waals surface area contributed by atoms with E-state index in [4.69, 9.17) is 18.9 Å². The fourth-order valence-electron chi connectivity index (χ4n) is 9.98. The number of ether oxygens (including phenoxy) is 4. The molecular formula is C62H60N4O10. The zero-order valence-corrected chi connectivity index (χ0v) is 42.1. The van der Waals surface area contributed by atoms with Crippen LogP contribution < -0.4 is 10.6 Å². The molecule has 0 aromatic heterocycles. The van der Waals surface area contributed by atoms with Gasteiger partial charge in [0.05, 0.1) is 13.2 Å². The summed E-state index contributed by atoms with van der Waals surface area (Å²) in [5, 5.41) is 5.46. The fraction of sp³-hybridized carbons (Fsp3) is 0.258. The molecule has 1 saturated heterocycles. The normalized spacial score (nSPS) is 14.6. The van der Waals surface area contributed by atoms with E-state index in [1.54, 1.807) is 24.3 Å². The monoisotopic (exact) mass is 1020 g/mol. The van der Waals surface area contributed by atoms with Gasteiger partial charge >= 0.3 is 24.1 Å². The van der Waals surface area contributed by atoms with Crippen molar-refractivity contribution in [3.63, 3.8) is 0 Å². The number of benzene rings is 6. The fourth-order valence-corrected chi connectivity index (χ4v) is 9.98. The van der Waals surface area contributed by atoms with E-state index in [-0.39, 0.29) is 89.1 Å². The molecule has 6 aromatic carbocycles. The highest BCUT2D eigenvalue weighted by Gasteiger charge is 2.33. The van der Waals surface area contributed by atoms with Crippen LogP contribution in [0.15, 0.2) is 182 Å². The molecule has 2 atom stereocenters. The topological polar surface area (TPSA) is 170 Å². The van der Waals surface area contributed by atoms with Gasteiger partial charge in [0.2, 0.25) is 11.8 Å². The molecule has 1 aliphatic heterocycles. The van der Waals surface area contributed by atoms with Crippen molar-refractivity contribution in [2.75, 3.05) is 52.6 Å². The van der Waals surface area contributed by atoms with Gasteiger partial charge in [-0.15, -0.1) is 0 Å². The van der Waals surface area contributed by atoms with Gasteiger partial charge in [-0.3, -0.25) is 9.59 Å². The van der Waals surface area contributed by atoms with Crippen molar-refractivity contribution in [3.05, 3.63) is 215 Å². The summed E-state index contributed by atoms with van der Waals surface area (Å²) in [6.45, 7) is 0.497. The predicted octanol–water partition coefficient (Wildman–Crippen LogP) is 8.94. The summed E-state index contributed by atoms with van der Waals surface area (Å²) < 4.78 is 22.7. The number of nitrogens with one attached hydrogen (secondary N) is 2. The minimum atomic E-state index is -0.995. The molecule has 1 heterocycles. The van der Waals surface area contributed by atoms with Crippen LogP contribution in [-0.2, 0) is 51.0 Å². The predicted molar refractivity (Wildman–Crippen MR) is 287 cm³/mol. The van der Waals surface area contributed by atoms with E-state index >= 15 is 0 Å². The first-order valence-electron chi connectivity index (χ1n) is 25.7. The van der Waals surface area contributed by atoms with Crippen LogP contribution in [0, 0.1) is 0 Å². The molecule has 388 valence electrons. The van der Waals surface area contributed by atoms with Gasteiger partial charge in [-0.05, 0) is 68.5 Å². The van der Waals surface area contributed by atoms with Crippen molar-refractivity contribution >= 4 is 35.9 Å². The van der Waals surface area contributed by atoms with Crippen LogP contribution >= 0.6 is 0 Å². The Labute approximate surface area is 442 Å². The highest BCUT2D eigenvalue weighted by molar-refractivity contribution is 5.92. The number of carbonyl (C=O) groups excluding carboxylic acids is 6. The van der Waals surface area contributed by atoms with Gasteiger partial charge in [-0.2, -0.15) is 0 Å². The maximum absolute atomic E-state index is 13.4. The number of hydrogen-bond acceptors (Lipinski definition) is 10. The van der Waals surface area contributed by atoms with Crippen LogP contribution in [0.5, 0.6) is 0 Å². The number of esters is 2. The lowest BCUT2D eigenvalue weighted by atomic mass is 9.98. The smallest absolute Gasteiger partial charge is 0.407 e. The molecule has 14 heteroatoms. The number of hydrogen-bond donors (Lipinski definition) is 2. The largest absolute Gasteiger partial charge is 0.464 e. The summed E-state index contributed by atoms with van der Waals surface area (Å²) in [4.78, 5) is 82.2. The molecular weight excluding hydrogens is 961 g/mol. The third kappa shape index (κ3) is 13.1. The van der Waals surface area contributed by atoms with Crippen molar-refractivity contribution in [1.29, 1.82) is 0 Å². The highest BCUT2D eigenvalue weighted by Crippen LogP contribution is 2.45. The van der Waals surface area contributed by atoms with Crippen LogP contribution in [0.2, 0.25) is 0 Å². The van der Waals surface area contributed by atoms with E-state index in [1.807, 2.05) is 133 Å². The van der Waals surface area contributed by atoms with Gasteiger partial charge in [0, 0.05) is 37.8 Å². The Bertz CT molecular complexity index is 2790. The number of carbonyl (C=O) groups is 6. The third-order valence-corrected chi connectivity index (χ3v) is 13.8. The van der Waals surface area contributed by atoms with E-state index in [9.17, 15) is 28.8 Å². The second kappa shape index (κ2) is 25.4. The second-order valence-electron chi connectivity index (χ2n) is 18.8. The molecule has 0 saturated carbocycles. The molecule has 0 bridgehead atoms. The van der Waals surface area contributed by atoms with Crippen LogP contribution in [0.25, 0.3) is 22.3 Å². The number of fused-ring (bicyclic) bond motifs is 6. The summed E-state index contributed by atoms with van der Waals surface area (Å²) in [5.41, 5.74) is 10.5. The first kappa shape index (κ1) is 52.1. The van der Waals surface area contributed by atoms with Crippen LogP contribution in [0.4, 0.5) is 9.59 Å². The number of alkyl carbamates (subject to hydrolysis) is 2. The Morgan fingerprint density at radius 1 is 0.447 bits per heavy atom. The number of rotatable bonds is 22. The summed E-state index contributed by atoms with van der Waals surface area (Å²) in [6.07, 6.45) is 6.72. The summed E-state index contributed by atoms with van der Waals surface area (Å²) >= 11 is 0. The van der Waals surface area contributed by atoms with E-state index < -0.39 is 36.2 Å². The third-order valence-electron chi connectivity index (χ3n) is 13.8. The van der Waals surface area contributed by atoms with Crippen molar-refractivity contribution in [2.24, 2.45) is 0 Å². The molecule has 0 unspecified atom stereocenters. The SMILES string of the molecule is O=C(N[C@@H](Cc1ccccc1)C(=O)OCC/C=C/CN1CC(=O)N(C/C=C/CCOC(=O)[C@H](Cc2ccccc2)NC(=O)OCC2c3ccccc3-c3ccccc32)CC1=O)OCC1c2ccccc2-c2ccccc21. The minimum Gasteiger partial charge on any atom is -0.464 e. The first-order chi connectivity index (χ1) is 37.2. The Hall–Kier alpha value is -8.78. The van der Waals surface area contributed by atoms with Crippen molar-refractivity contribution in [3.8, 4) is 22.3 Å². The van der Waals surface area contributed by atoms with Crippen molar-refractivity contribution < 1.29 is 47.7 Å². The van der Waals surface area contributed by atoms with Crippen LogP contribution in [-0.4, -0.2) is 110 Å². The Morgan fingerprint density at radius 2 is 0.776 bits per heavy atom. The maximum atomic E-state index is 13.4. The molecule has 2 aliphatic carbocycles. The zero-order chi connectivity index (χ0) is 52.6. The standard InChI is InChI=1S/C62H60N4O10/c67-57-40-66(34-18-4-20-36-74-60(70)56(38-44-23-7-2-8-24-44)64-62(72)76-42-54-51-31-15-11-27-47(51)48-28-12-16-32-52(48)54)58(68)39-65(57)33-17-3-19-35-73-59(69)55(37-43-21-5-1-6-22-43)63-61(71)75-41-53-49-29-13-9-25-45(49)46-26-10-14-30-50(46)53/h1-18,21-32,53-56H,19-20,33-42H2,(H,63,71)(H,64,72)/b17-3+,18-4+/t55-,56-/m0/s1. The van der Waals surface area contributed by atoms with E-state index in [0.717, 1.165) is 55.6 Å². The molecule has 9 rings (SSSR count). The minimum absolute atomic E-state index is 0.0334. The average molecular weight is 1020 g/mol. The van der Waals surface area contributed by atoms with Gasteiger partial charge in [0.1, 0.15) is 38.4 Å². The zero-order valence-electron chi connectivity index (χ0n) is 42.1. The molecule has 14 nitrogen and oxygen atoms in total. The van der Waals surface area contributed by atoms with Gasteiger partial charge in [-0.1, -0.05) is 182 Å². The summed E-state index contributed by atoms with van der Waals surface area (Å²) in [6, 6.07) is 48.9. The molecule has 0 radical (unpaired) electrons. The average Bonchev–Trinajstić information content (AvgIpc) is 3.94. The maximum Gasteiger partial charge on any atom is 0.407 e. The lowest BCUT2D eigenvalue weighted by Gasteiger charge is -2.32. The lowest BCUT2D eigenvalue weighted by molar-refractivity contribution is -0.149. The quantitative estimate of drug-likeness (QED) is 0.0290. The molecule has 0 spiro atoms. The lowest BCUT2D eigenvalue weighted by Crippen LogP contribution is -2.53. The van der Waals surface area contributed by atoms with Gasteiger partial charge in [-0.25, -0.2) is 19.2 Å². The Kier molecular flexibility index (Phi) is 17.4. The molecule has 1 fully saturated rings. The van der Waals surface area contributed by atoms with Gasteiger partial charge in [0.25, 0.3) is 0 Å². The molecule has 3 aliphatic rings. The van der Waals surface area contributed by atoms with Gasteiger partial charge < -0.3 is 39.4 Å².